The number of fused-ring (bicyclic) bond motifs is 1. The number of nitrogens with one attached hydrogen (secondary N) is 1. The van der Waals surface area contributed by atoms with Crippen molar-refractivity contribution in [3.05, 3.63) is 59.2 Å². The summed E-state index contributed by atoms with van der Waals surface area (Å²) in [5, 5.41) is 10.4. The van der Waals surface area contributed by atoms with E-state index in [9.17, 15) is 9.50 Å². The molecule has 0 aliphatic carbocycles. The Balaban J connectivity index is 1.75. The molecule has 4 rings (SSSR count). The lowest BCUT2D eigenvalue weighted by atomic mass is 10.0. The number of benzene rings is 2. The minimum Gasteiger partial charge on any atom is -0.505 e. The second kappa shape index (κ2) is 7.29. The van der Waals surface area contributed by atoms with Gasteiger partial charge in [0.15, 0.2) is 11.6 Å². The molecule has 2 aromatic carbocycles. The van der Waals surface area contributed by atoms with Gasteiger partial charge in [-0.25, -0.2) is 9.37 Å². The average molecular weight is 369 g/mol. The SMILES string of the molecule is Cc1cc(F)c(O)c(C(OC2CCN(C)CC2)c2nc3ccccc3[nH]2)c1. The number of aromatic amines is 1. The number of phenolic OH excluding ortho intramolecular Hbond substituents is 1. The molecule has 0 spiro atoms. The second-order valence-electron chi connectivity index (χ2n) is 7.34. The van der Waals surface area contributed by atoms with Gasteiger partial charge in [0.05, 0.1) is 17.1 Å². The molecule has 2 heterocycles. The maximum atomic E-state index is 14.2. The van der Waals surface area contributed by atoms with Crippen molar-refractivity contribution in [1.82, 2.24) is 14.9 Å². The highest BCUT2D eigenvalue weighted by molar-refractivity contribution is 5.75. The number of hydrogen-bond donors (Lipinski definition) is 2. The normalized spacial score (nSPS) is 17.4. The maximum absolute atomic E-state index is 14.2. The number of rotatable bonds is 4. The van der Waals surface area contributed by atoms with Gasteiger partial charge in [-0.05, 0) is 56.6 Å². The van der Waals surface area contributed by atoms with Crippen molar-refractivity contribution in [3.63, 3.8) is 0 Å². The number of nitrogens with zero attached hydrogens (tertiary/aromatic N) is 2. The Morgan fingerprint density at radius 2 is 2.00 bits per heavy atom. The van der Waals surface area contributed by atoms with E-state index >= 15 is 0 Å². The van der Waals surface area contributed by atoms with Crippen LogP contribution in [-0.2, 0) is 4.74 Å². The molecule has 1 aliphatic rings. The third kappa shape index (κ3) is 3.68. The van der Waals surface area contributed by atoms with Crippen molar-refractivity contribution in [2.45, 2.75) is 32.0 Å². The highest BCUT2D eigenvalue weighted by atomic mass is 19.1. The fraction of sp³-hybridized carbons (Fsp3) is 0.381. The summed E-state index contributed by atoms with van der Waals surface area (Å²) in [6.45, 7) is 3.70. The highest BCUT2D eigenvalue weighted by Gasteiger charge is 2.29. The molecule has 6 heteroatoms. The molecule has 27 heavy (non-hydrogen) atoms. The number of para-hydroxylation sites is 2. The molecule has 1 saturated heterocycles. The Kier molecular flexibility index (Phi) is 4.85. The Morgan fingerprint density at radius 1 is 1.26 bits per heavy atom. The Hall–Kier alpha value is -2.44. The van der Waals surface area contributed by atoms with Gasteiger partial charge in [-0.3, -0.25) is 0 Å². The molecule has 142 valence electrons. The molecule has 1 unspecified atom stereocenters. The minimum absolute atomic E-state index is 0.0300. The fourth-order valence-corrected chi connectivity index (χ4v) is 3.66. The van der Waals surface area contributed by atoms with Crippen molar-refractivity contribution in [2.75, 3.05) is 20.1 Å². The third-order valence-electron chi connectivity index (χ3n) is 5.17. The van der Waals surface area contributed by atoms with Gasteiger partial charge in [-0.1, -0.05) is 12.1 Å². The predicted molar refractivity (Wildman–Crippen MR) is 102 cm³/mol. The number of aromatic nitrogens is 2. The molecule has 0 radical (unpaired) electrons. The van der Waals surface area contributed by atoms with Crippen LogP contribution in [0.2, 0.25) is 0 Å². The van der Waals surface area contributed by atoms with Gasteiger partial charge in [0, 0.05) is 18.7 Å². The van der Waals surface area contributed by atoms with Gasteiger partial charge in [0.25, 0.3) is 0 Å². The van der Waals surface area contributed by atoms with Crippen LogP contribution in [0.1, 0.15) is 35.9 Å². The Labute approximate surface area is 157 Å². The van der Waals surface area contributed by atoms with Crippen molar-refractivity contribution >= 4 is 11.0 Å². The number of aromatic hydroxyl groups is 1. The van der Waals surface area contributed by atoms with E-state index in [1.807, 2.05) is 24.3 Å². The summed E-state index contributed by atoms with van der Waals surface area (Å²) in [5.41, 5.74) is 2.84. The zero-order chi connectivity index (χ0) is 19.0. The van der Waals surface area contributed by atoms with Crippen LogP contribution in [0.3, 0.4) is 0 Å². The molecule has 0 saturated carbocycles. The van der Waals surface area contributed by atoms with Gasteiger partial charge < -0.3 is 19.7 Å². The van der Waals surface area contributed by atoms with Crippen LogP contribution in [-0.4, -0.2) is 46.2 Å². The molecule has 1 aliphatic heterocycles. The number of ether oxygens (including phenoxy) is 1. The highest BCUT2D eigenvalue weighted by Crippen LogP contribution is 2.36. The van der Waals surface area contributed by atoms with Crippen molar-refractivity contribution in [3.8, 4) is 5.75 Å². The van der Waals surface area contributed by atoms with E-state index in [-0.39, 0.29) is 11.9 Å². The molecule has 1 fully saturated rings. The van der Waals surface area contributed by atoms with Crippen LogP contribution >= 0.6 is 0 Å². The molecule has 5 nitrogen and oxygen atoms in total. The van der Waals surface area contributed by atoms with Crippen LogP contribution in [0.15, 0.2) is 36.4 Å². The number of hydrogen-bond acceptors (Lipinski definition) is 4. The molecule has 2 N–H and O–H groups in total. The largest absolute Gasteiger partial charge is 0.505 e. The number of halogens is 1. The number of H-pyrrole nitrogens is 1. The van der Waals surface area contributed by atoms with Crippen molar-refractivity contribution < 1.29 is 14.2 Å². The number of aryl methyl sites for hydroxylation is 1. The number of phenols is 1. The molecule has 1 aromatic heterocycles. The summed E-state index contributed by atoms with van der Waals surface area (Å²) in [7, 11) is 2.09. The van der Waals surface area contributed by atoms with Crippen LogP contribution in [0.25, 0.3) is 11.0 Å². The first-order chi connectivity index (χ1) is 13.0. The van der Waals surface area contributed by atoms with E-state index < -0.39 is 11.9 Å². The lowest BCUT2D eigenvalue weighted by Crippen LogP contribution is -2.35. The fourth-order valence-electron chi connectivity index (χ4n) is 3.66. The van der Waals surface area contributed by atoms with Crippen LogP contribution in [0, 0.1) is 12.7 Å². The van der Waals surface area contributed by atoms with Gasteiger partial charge >= 0.3 is 0 Å². The van der Waals surface area contributed by atoms with E-state index in [1.54, 1.807) is 13.0 Å². The third-order valence-corrected chi connectivity index (χ3v) is 5.17. The summed E-state index contributed by atoms with van der Waals surface area (Å²) >= 11 is 0. The van der Waals surface area contributed by atoms with Crippen LogP contribution in [0.5, 0.6) is 5.75 Å². The summed E-state index contributed by atoms with van der Waals surface area (Å²) in [4.78, 5) is 10.2. The van der Waals surface area contributed by atoms with E-state index in [4.69, 9.17) is 4.74 Å². The molecular formula is C21H24FN3O2. The number of likely N-dealkylation sites (tertiary alicyclic amines) is 1. The molecular weight excluding hydrogens is 345 g/mol. The summed E-state index contributed by atoms with van der Waals surface area (Å²) in [6, 6.07) is 10.8. The summed E-state index contributed by atoms with van der Waals surface area (Å²) in [5.74, 6) is -0.437. The first-order valence-corrected chi connectivity index (χ1v) is 9.29. The zero-order valence-corrected chi connectivity index (χ0v) is 15.6. The minimum atomic E-state index is -0.653. The summed E-state index contributed by atoms with van der Waals surface area (Å²) in [6.07, 6.45) is 1.16. The van der Waals surface area contributed by atoms with Crippen molar-refractivity contribution in [2.24, 2.45) is 0 Å². The van der Waals surface area contributed by atoms with E-state index in [0.717, 1.165) is 42.5 Å². The smallest absolute Gasteiger partial charge is 0.165 e. The average Bonchev–Trinajstić information content (AvgIpc) is 3.08. The summed E-state index contributed by atoms with van der Waals surface area (Å²) < 4.78 is 20.6. The van der Waals surface area contributed by atoms with Crippen LogP contribution < -0.4 is 0 Å². The van der Waals surface area contributed by atoms with Gasteiger partial charge in [0.2, 0.25) is 0 Å². The monoisotopic (exact) mass is 369 g/mol. The van der Waals surface area contributed by atoms with E-state index in [2.05, 4.69) is 21.9 Å². The lowest BCUT2D eigenvalue weighted by molar-refractivity contribution is -0.0273. The van der Waals surface area contributed by atoms with Gasteiger partial charge in [0.1, 0.15) is 11.9 Å². The molecule has 1 atom stereocenters. The quantitative estimate of drug-likeness (QED) is 0.732. The maximum Gasteiger partial charge on any atom is 0.165 e. The van der Waals surface area contributed by atoms with Crippen molar-refractivity contribution in [1.29, 1.82) is 0 Å². The topological polar surface area (TPSA) is 61.4 Å². The Bertz CT molecular complexity index is 915. The zero-order valence-electron chi connectivity index (χ0n) is 15.6. The number of imidazole rings is 1. The van der Waals surface area contributed by atoms with Gasteiger partial charge in [-0.2, -0.15) is 0 Å². The second-order valence-corrected chi connectivity index (χ2v) is 7.34. The standard InChI is InChI=1S/C21H24FN3O2/c1-13-11-15(19(26)16(22)12-13)20(27-14-7-9-25(2)10-8-14)21-23-17-5-3-4-6-18(17)24-21/h3-6,11-12,14,20,26H,7-10H2,1-2H3,(H,23,24). The predicted octanol–water partition coefficient (Wildman–Crippen LogP) is 3.92. The van der Waals surface area contributed by atoms with E-state index in [1.165, 1.54) is 6.07 Å². The molecule has 0 bridgehead atoms. The van der Waals surface area contributed by atoms with Gasteiger partial charge in [-0.15, -0.1) is 0 Å². The molecule has 0 amide bonds. The first kappa shape index (κ1) is 17.9. The first-order valence-electron chi connectivity index (χ1n) is 9.29. The number of piperidine rings is 1. The van der Waals surface area contributed by atoms with E-state index in [0.29, 0.717) is 11.4 Å². The Morgan fingerprint density at radius 3 is 2.74 bits per heavy atom. The lowest BCUT2D eigenvalue weighted by Gasteiger charge is -2.31. The molecule has 3 aromatic rings. The van der Waals surface area contributed by atoms with Crippen LogP contribution in [0.4, 0.5) is 4.39 Å².